The molecule has 0 aliphatic rings. The Morgan fingerprint density at radius 1 is 1.25 bits per heavy atom. The molecule has 0 saturated heterocycles. The average Bonchev–Trinajstić information content (AvgIpc) is 1.27. The predicted octanol–water partition coefficient (Wildman–Crippen LogP) is -0.0602. The Morgan fingerprint density at radius 3 is 1.25 bits per heavy atom. The van der Waals surface area contributed by atoms with Crippen molar-refractivity contribution in [1.29, 1.82) is 0 Å². The molecule has 0 aliphatic heterocycles. The first-order valence-electron chi connectivity index (χ1n) is 1.03. The van der Waals surface area contributed by atoms with Crippen molar-refractivity contribution in [1.82, 2.24) is 0 Å². The molecule has 0 atom stereocenters. The molecule has 0 aromatic rings. The Labute approximate surface area is 65.1 Å². The molecule has 4 nitrogen and oxygen atoms in total. The van der Waals surface area contributed by atoms with Crippen LogP contribution in [0.2, 0.25) is 0 Å². The van der Waals surface area contributed by atoms with E-state index in [1.165, 1.54) is 0 Å². The van der Waals surface area contributed by atoms with Gasteiger partial charge in [-0.1, -0.05) is 0 Å². The molecule has 0 heterocycles. The molecule has 0 aromatic heterocycles. The first kappa shape index (κ1) is 12.1. The van der Waals surface area contributed by atoms with Gasteiger partial charge in [0.1, 0.15) is 0 Å². The molecule has 0 amide bonds. The van der Waals surface area contributed by atoms with E-state index in [1.54, 1.807) is 0 Å². The molecular weight excluding hydrogens is 320 g/mol. The number of hydrogen-bond acceptors (Lipinski definition) is 4. The number of hydrogen-bond donors (Lipinski definition) is 2. The van der Waals surface area contributed by atoms with Crippen molar-refractivity contribution in [3.8, 4) is 0 Å². The van der Waals surface area contributed by atoms with Crippen molar-refractivity contribution in [2.45, 2.75) is 0 Å². The van der Waals surface area contributed by atoms with Crippen LogP contribution in [0, 0.1) is 0 Å². The fraction of sp³-hybridized carbons (Fsp3) is 0. The molecule has 0 aliphatic carbocycles. The van der Waals surface area contributed by atoms with E-state index >= 15 is 0 Å². The molecule has 0 spiro atoms. The summed E-state index contributed by atoms with van der Waals surface area (Å²) in [6, 6.07) is 0. The summed E-state index contributed by atoms with van der Waals surface area (Å²) in [4.78, 5) is 0. The number of rotatable bonds is 0. The van der Waals surface area contributed by atoms with Crippen molar-refractivity contribution < 1.29 is 46.0 Å². The molecule has 0 radical (unpaired) electrons. The molecule has 8 heavy (non-hydrogen) atoms. The van der Waals surface area contributed by atoms with Crippen LogP contribution in [0.3, 0.4) is 0 Å². The van der Waals surface area contributed by atoms with Crippen molar-refractivity contribution in [3.05, 3.63) is 0 Å². The first-order valence-corrected chi connectivity index (χ1v) is 10.0. The van der Waals surface area contributed by atoms with Gasteiger partial charge in [-0.25, -0.2) is 0 Å². The van der Waals surface area contributed by atoms with Gasteiger partial charge in [-0.3, -0.25) is 0 Å². The molecule has 0 aromatic carbocycles. The van der Waals surface area contributed by atoms with Crippen LogP contribution < -0.4 is 0 Å². The van der Waals surface area contributed by atoms with Gasteiger partial charge in [-0.15, -0.1) is 0 Å². The van der Waals surface area contributed by atoms with Crippen LogP contribution in [-0.2, 0) is 38.5 Å². The summed E-state index contributed by atoms with van der Waals surface area (Å²) in [6.07, 6.45) is 0. The summed E-state index contributed by atoms with van der Waals surface area (Å²) >= 11 is -5.88. The quantitative estimate of drug-likeness (QED) is 0.609. The van der Waals surface area contributed by atoms with E-state index in [1.807, 2.05) is 0 Å². The van der Waals surface area contributed by atoms with Crippen molar-refractivity contribution in [3.63, 3.8) is 0 Å². The standard InChI is InChI=1S/2Mo.2H2O.2O.2S/h;;2*1H2;;;;/q;+2;;;;;;/p-2. The van der Waals surface area contributed by atoms with E-state index in [0.29, 0.717) is 0 Å². The summed E-state index contributed by atoms with van der Waals surface area (Å²) in [5, 5.41) is 0. The molecule has 8 heteroatoms. The zero-order valence-corrected chi connectivity index (χ0v) is 8.99. The maximum absolute atomic E-state index is 8.85. The second kappa shape index (κ2) is 6.46. The Balaban J connectivity index is 0. The zero-order chi connectivity index (χ0) is 7.21. The van der Waals surface area contributed by atoms with Crippen LogP contribution in [0.5, 0.6) is 0 Å². The summed E-state index contributed by atoms with van der Waals surface area (Å²) in [5.41, 5.74) is 0. The van der Waals surface area contributed by atoms with Gasteiger partial charge >= 0.3 is 65.6 Å². The van der Waals surface area contributed by atoms with Gasteiger partial charge in [0.25, 0.3) is 0 Å². The second-order valence-electron chi connectivity index (χ2n) is 0.516. The average molecular weight is 322 g/mol. The van der Waals surface area contributed by atoms with Crippen LogP contribution in [0.25, 0.3) is 0 Å². The van der Waals surface area contributed by atoms with Crippen LogP contribution in [0.1, 0.15) is 0 Å². The summed E-state index contributed by atoms with van der Waals surface area (Å²) in [7, 11) is 8.68. The van der Waals surface area contributed by atoms with E-state index in [9.17, 15) is 0 Å². The SMILES string of the molecule is [O]=[Mo](=[O])([OH])[OH].[S]=[Mo]=[S]. The third kappa shape index (κ3) is 165. The van der Waals surface area contributed by atoms with Gasteiger partial charge in [0.15, 0.2) is 0 Å². The van der Waals surface area contributed by atoms with Crippen molar-refractivity contribution in [2.75, 3.05) is 0 Å². The van der Waals surface area contributed by atoms with Gasteiger partial charge < -0.3 is 0 Å². The van der Waals surface area contributed by atoms with Gasteiger partial charge in [0, 0.05) is 0 Å². The summed E-state index contributed by atoms with van der Waals surface area (Å²) in [6.45, 7) is 0. The molecular formula is H2Mo2O4S2. The van der Waals surface area contributed by atoms with E-state index in [2.05, 4.69) is 19.6 Å². The fourth-order valence-electron chi connectivity index (χ4n) is 0. The van der Waals surface area contributed by atoms with E-state index in [0.717, 1.165) is 0 Å². The predicted molar refractivity (Wildman–Crippen MR) is 21.0 cm³/mol. The Hall–Kier alpha value is 1.34. The van der Waals surface area contributed by atoms with Crippen LogP contribution >= 0.6 is 19.6 Å². The molecule has 0 saturated carbocycles. The molecule has 2 N–H and O–H groups in total. The van der Waals surface area contributed by atoms with E-state index in [4.69, 9.17) is 14.3 Å². The van der Waals surface area contributed by atoms with Crippen molar-refractivity contribution in [2.24, 2.45) is 0 Å². The second-order valence-corrected chi connectivity index (χ2v) is 6.27. The molecule has 0 fully saturated rings. The summed E-state index contributed by atoms with van der Waals surface area (Å²) in [5.74, 6) is 0. The molecule has 50 valence electrons. The van der Waals surface area contributed by atoms with E-state index in [-0.39, 0.29) is 14.9 Å². The maximum atomic E-state index is 8.85. The zero-order valence-electron chi connectivity index (χ0n) is 3.34. The Morgan fingerprint density at radius 2 is 1.25 bits per heavy atom. The van der Waals surface area contributed by atoms with Crippen LogP contribution in [0.15, 0.2) is 0 Å². The van der Waals surface area contributed by atoms with Gasteiger partial charge in [0.2, 0.25) is 0 Å². The fourth-order valence-corrected chi connectivity index (χ4v) is 0. The third-order valence-corrected chi connectivity index (χ3v) is 0. The van der Waals surface area contributed by atoms with Gasteiger partial charge in [0.05, 0.1) is 0 Å². The minimum atomic E-state index is -5.52. The van der Waals surface area contributed by atoms with Crippen molar-refractivity contribution >= 4 is 19.6 Å². The molecule has 0 rings (SSSR count). The molecule has 0 bridgehead atoms. The van der Waals surface area contributed by atoms with Gasteiger partial charge in [-0.05, 0) is 0 Å². The van der Waals surface area contributed by atoms with Crippen LogP contribution in [0.4, 0.5) is 0 Å². The molecule has 0 unspecified atom stereocenters. The topological polar surface area (TPSA) is 74.6 Å². The normalized spacial score (nSPS) is 8.75. The van der Waals surface area contributed by atoms with Crippen LogP contribution in [-0.4, -0.2) is 7.52 Å². The summed E-state index contributed by atoms with van der Waals surface area (Å²) < 4.78 is 32.0. The first-order chi connectivity index (χ1) is 3.41. The van der Waals surface area contributed by atoms with E-state index < -0.39 is 16.7 Å². The monoisotopic (exact) mass is 326 g/mol. The Kier molecular flexibility index (Phi) is 9.73. The van der Waals surface area contributed by atoms with Gasteiger partial charge in [-0.2, -0.15) is 0 Å². The third-order valence-electron chi connectivity index (χ3n) is 0. The Bertz CT molecular complexity index is 152. The minimum absolute atomic E-state index is 0.363.